The van der Waals surface area contributed by atoms with E-state index >= 15 is 0 Å². The number of rotatable bonds is 7. The second-order valence-corrected chi connectivity index (χ2v) is 8.85. The molecule has 1 saturated heterocycles. The van der Waals surface area contributed by atoms with Crippen molar-refractivity contribution >= 4 is 33.2 Å². The van der Waals surface area contributed by atoms with Gasteiger partial charge in [-0.1, -0.05) is 43.1 Å². The predicted octanol–water partition coefficient (Wildman–Crippen LogP) is 3.02. The highest BCUT2D eigenvalue weighted by Crippen LogP contribution is 2.28. The van der Waals surface area contributed by atoms with Gasteiger partial charge >= 0.3 is 0 Å². The molecular formula is C16H24Cl2N2O3S. The number of hydrogen-bond acceptors (Lipinski definition) is 4. The summed E-state index contributed by atoms with van der Waals surface area (Å²) in [6, 6.07) is 4.79. The van der Waals surface area contributed by atoms with Crippen LogP contribution in [-0.4, -0.2) is 52.2 Å². The number of halogens is 2. The fourth-order valence-corrected chi connectivity index (χ4v) is 5.08. The zero-order valence-corrected chi connectivity index (χ0v) is 16.3. The molecule has 0 amide bonds. The Morgan fingerprint density at radius 2 is 1.79 bits per heavy atom. The van der Waals surface area contributed by atoms with Gasteiger partial charge in [-0.3, -0.25) is 4.90 Å². The van der Waals surface area contributed by atoms with E-state index in [-0.39, 0.29) is 21.0 Å². The van der Waals surface area contributed by atoms with Crippen molar-refractivity contribution in [3.63, 3.8) is 0 Å². The standard InChI is InChI=1S/C16H24Cl2N2O3S/c1-12(2)10-13(20-6-8-23-9-7-20)11-19-24(21,22)16-14(17)4-3-5-15(16)18/h3-5,12-13,19H,6-11H2,1-2H3. The summed E-state index contributed by atoms with van der Waals surface area (Å²) in [5, 5.41) is 0.253. The number of morpholine rings is 1. The number of ether oxygens (including phenoxy) is 1. The second-order valence-electron chi connectivity index (χ2n) is 6.33. The molecule has 2 rings (SSSR count). The first kappa shape index (κ1) is 19.9. The molecule has 8 heteroatoms. The predicted molar refractivity (Wildman–Crippen MR) is 97.3 cm³/mol. The van der Waals surface area contributed by atoms with Crippen molar-refractivity contribution in [2.45, 2.75) is 31.2 Å². The third kappa shape index (κ3) is 5.31. The number of hydrogen-bond donors (Lipinski definition) is 1. The summed E-state index contributed by atoms with van der Waals surface area (Å²) >= 11 is 12.1. The van der Waals surface area contributed by atoms with Gasteiger partial charge in [0, 0.05) is 25.7 Å². The first-order valence-corrected chi connectivity index (χ1v) is 10.3. The van der Waals surface area contributed by atoms with Gasteiger partial charge in [0.2, 0.25) is 10.0 Å². The summed E-state index contributed by atoms with van der Waals surface area (Å²) in [7, 11) is -3.76. The molecule has 1 heterocycles. The van der Waals surface area contributed by atoms with Crippen LogP contribution in [0.1, 0.15) is 20.3 Å². The van der Waals surface area contributed by atoms with E-state index in [4.69, 9.17) is 27.9 Å². The van der Waals surface area contributed by atoms with Gasteiger partial charge in [0.1, 0.15) is 4.90 Å². The topological polar surface area (TPSA) is 58.6 Å². The van der Waals surface area contributed by atoms with E-state index in [9.17, 15) is 8.42 Å². The van der Waals surface area contributed by atoms with Crippen LogP contribution in [-0.2, 0) is 14.8 Å². The third-order valence-electron chi connectivity index (χ3n) is 4.00. The highest BCUT2D eigenvalue weighted by molar-refractivity contribution is 7.89. The van der Waals surface area contributed by atoms with Crippen LogP contribution in [0, 0.1) is 5.92 Å². The smallest absolute Gasteiger partial charge is 0.243 e. The van der Waals surface area contributed by atoms with E-state index in [1.54, 1.807) is 6.07 Å². The van der Waals surface area contributed by atoms with E-state index in [1.807, 2.05) is 0 Å². The molecule has 1 N–H and O–H groups in total. The maximum Gasteiger partial charge on any atom is 0.243 e. The minimum Gasteiger partial charge on any atom is -0.379 e. The molecule has 136 valence electrons. The number of benzene rings is 1. The van der Waals surface area contributed by atoms with Crippen molar-refractivity contribution in [2.24, 2.45) is 5.92 Å². The lowest BCUT2D eigenvalue weighted by atomic mass is 10.0. The molecule has 1 fully saturated rings. The molecular weight excluding hydrogens is 371 g/mol. The van der Waals surface area contributed by atoms with Crippen LogP contribution < -0.4 is 4.72 Å². The number of nitrogens with one attached hydrogen (secondary N) is 1. The molecule has 1 aromatic carbocycles. The molecule has 24 heavy (non-hydrogen) atoms. The highest BCUT2D eigenvalue weighted by atomic mass is 35.5. The Balaban J connectivity index is 2.12. The number of sulfonamides is 1. The molecule has 5 nitrogen and oxygen atoms in total. The lowest BCUT2D eigenvalue weighted by Gasteiger charge is -2.35. The van der Waals surface area contributed by atoms with Crippen molar-refractivity contribution in [3.8, 4) is 0 Å². The van der Waals surface area contributed by atoms with Gasteiger partial charge in [-0.25, -0.2) is 13.1 Å². The molecule has 1 unspecified atom stereocenters. The van der Waals surface area contributed by atoms with Gasteiger partial charge in [0.15, 0.2) is 0 Å². The first-order valence-electron chi connectivity index (χ1n) is 8.06. The second kappa shape index (κ2) is 8.83. The number of nitrogens with zero attached hydrogens (tertiary/aromatic N) is 1. The molecule has 0 aromatic heterocycles. The Morgan fingerprint density at radius 3 is 2.33 bits per heavy atom. The fraction of sp³-hybridized carbons (Fsp3) is 0.625. The van der Waals surface area contributed by atoms with Gasteiger partial charge in [0.25, 0.3) is 0 Å². The monoisotopic (exact) mass is 394 g/mol. The Hall–Kier alpha value is -0.370. The van der Waals surface area contributed by atoms with Gasteiger partial charge in [-0.2, -0.15) is 0 Å². The van der Waals surface area contributed by atoms with Crippen molar-refractivity contribution in [3.05, 3.63) is 28.2 Å². The zero-order valence-electron chi connectivity index (χ0n) is 14.0. The van der Waals surface area contributed by atoms with Gasteiger partial charge in [-0.05, 0) is 24.5 Å². The average molecular weight is 395 g/mol. The molecule has 0 spiro atoms. The van der Waals surface area contributed by atoms with Crippen molar-refractivity contribution in [1.82, 2.24) is 9.62 Å². The van der Waals surface area contributed by atoms with Gasteiger partial charge in [-0.15, -0.1) is 0 Å². The van der Waals surface area contributed by atoms with E-state index in [0.717, 1.165) is 19.5 Å². The molecule has 0 aliphatic carbocycles. The molecule has 1 aliphatic heterocycles. The summed E-state index contributed by atoms with van der Waals surface area (Å²) in [6.45, 7) is 7.56. The summed E-state index contributed by atoms with van der Waals surface area (Å²) in [6.07, 6.45) is 0.902. The fourth-order valence-electron chi connectivity index (χ4n) is 2.87. The Morgan fingerprint density at radius 1 is 1.21 bits per heavy atom. The van der Waals surface area contributed by atoms with Crippen LogP contribution in [0.25, 0.3) is 0 Å². The molecule has 1 aliphatic rings. The third-order valence-corrected chi connectivity index (χ3v) is 6.38. The van der Waals surface area contributed by atoms with E-state index in [2.05, 4.69) is 23.5 Å². The van der Waals surface area contributed by atoms with Crippen molar-refractivity contribution in [2.75, 3.05) is 32.8 Å². The SMILES string of the molecule is CC(C)CC(CNS(=O)(=O)c1c(Cl)cccc1Cl)N1CCOCC1. The van der Waals surface area contributed by atoms with Crippen LogP contribution in [0.4, 0.5) is 0 Å². The highest BCUT2D eigenvalue weighted by Gasteiger charge is 2.26. The quantitative estimate of drug-likeness (QED) is 0.771. The maximum absolute atomic E-state index is 12.6. The van der Waals surface area contributed by atoms with Crippen LogP contribution in [0.5, 0.6) is 0 Å². The van der Waals surface area contributed by atoms with E-state index in [0.29, 0.717) is 25.7 Å². The Bertz CT molecular complexity index is 626. The first-order chi connectivity index (χ1) is 11.3. The normalized spacial score (nSPS) is 18.0. The summed E-state index contributed by atoms with van der Waals surface area (Å²) in [5.74, 6) is 0.464. The summed E-state index contributed by atoms with van der Waals surface area (Å²) in [5.41, 5.74) is 0. The van der Waals surface area contributed by atoms with Crippen LogP contribution in [0.2, 0.25) is 10.0 Å². The lowest BCUT2D eigenvalue weighted by Crippen LogP contribution is -2.49. The molecule has 0 saturated carbocycles. The zero-order chi connectivity index (χ0) is 17.7. The lowest BCUT2D eigenvalue weighted by molar-refractivity contribution is 0.0134. The summed E-state index contributed by atoms with van der Waals surface area (Å²) in [4.78, 5) is 2.22. The minimum absolute atomic E-state index is 0.0568. The van der Waals surface area contributed by atoms with Crippen LogP contribution in [0.3, 0.4) is 0 Å². The van der Waals surface area contributed by atoms with Gasteiger partial charge in [0.05, 0.1) is 23.3 Å². The molecule has 0 radical (unpaired) electrons. The molecule has 1 aromatic rings. The summed E-state index contributed by atoms with van der Waals surface area (Å²) < 4.78 is 33.3. The Labute approximate surface area is 154 Å². The van der Waals surface area contributed by atoms with Crippen LogP contribution >= 0.6 is 23.2 Å². The van der Waals surface area contributed by atoms with Gasteiger partial charge < -0.3 is 4.74 Å². The molecule has 1 atom stereocenters. The molecule has 0 bridgehead atoms. The Kier molecular flexibility index (Phi) is 7.34. The van der Waals surface area contributed by atoms with Crippen LogP contribution in [0.15, 0.2) is 23.1 Å². The maximum atomic E-state index is 12.6. The van der Waals surface area contributed by atoms with Crippen molar-refractivity contribution in [1.29, 1.82) is 0 Å². The minimum atomic E-state index is -3.76. The van der Waals surface area contributed by atoms with E-state index in [1.165, 1.54) is 12.1 Å². The van der Waals surface area contributed by atoms with E-state index < -0.39 is 10.0 Å². The average Bonchev–Trinajstić information content (AvgIpc) is 2.51. The van der Waals surface area contributed by atoms with Crippen molar-refractivity contribution < 1.29 is 13.2 Å². The largest absolute Gasteiger partial charge is 0.379 e.